The Bertz CT molecular complexity index is 2600. The van der Waals surface area contributed by atoms with E-state index < -0.39 is 45.1 Å². The Morgan fingerprint density at radius 1 is 0.921 bits per heavy atom. The summed E-state index contributed by atoms with van der Waals surface area (Å²) in [6.45, 7) is 4.52. The van der Waals surface area contributed by atoms with Crippen molar-refractivity contribution in [2.75, 3.05) is 54.7 Å². The number of hydrogen-bond donors (Lipinski definition) is 5. The number of likely N-dealkylation sites (tertiary alicyclic amines) is 1. The largest absolute Gasteiger partial charge is 0.374 e. The Kier molecular flexibility index (Phi) is 12.7. The number of aliphatic hydroxyl groups excluding tert-OH is 1. The van der Waals surface area contributed by atoms with E-state index in [0.29, 0.717) is 79.5 Å². The van der Waals surface area contributed by atoms with Gasteiger partial charge in [0.2, 0.25) is 23.5 Å². The van der Waals surface area contributed by atoms with E-state index in [4.69, 9.17) is 0 Å². The van der Waals surface area contributed by atoms with Crippen molar-refractivity contribution in [1.82, 2.24) is 34.5 Å². The molecule has 19 heteroatoms. The first kappa shape index (κ1) is 43.6. The normalized spacial score (nSPS) is 19.0. The molecule has 0 aliphatic carbocycles. The Morgan fingerprint density at radius 3 is 2.30 bits per heavy atom. The summed E-state index contributed by atoms with van der Waals surface area (Å²) >= 11 is 0. The van der Waals surface area contributed by atoms with Gasteiger partial charge in [0.15, 0.2) is 5.82 Å². The number of aromatic nitrogens is 4. The summed E-state index contributed by atoms with van der Waals surface area (Å²) < 4.78 is 58.7. The zero-order valence-corrected chi connectivity index (χ0v) is 35.8. The number of halogens is 2. The highest BCUT2D eigenvalue weighted by atomic mass is 32.2. The fraction of sp³-hybridized carbons (Fsp3) is 0.409. The van der Waals surface area contributed by atoms with Gasteiger partial charge in [-0.2, -0.15) is 12.7 Å². The summed E-state index contributed by atoms with van der Waals surface area (Å²) in [4.78, 5) is 59.8. The quantitative estimate of drug-likeness (QED) is 0.0978. The third-order valence-corrected chi connectivity index (χ3v) is 14.0. The van der Waals surface area contributed by atoms with Crippen molar-refractivity contribution in [1.29, 1.82) is 0 Å². The number of carbonyl (C=O) groups is 3. The van der Waals surface area contributed by atoms with Gasteiger partial charge in [0.25, 0.3) is 0 Å². The van der Waals surface area contributed by atoms with E-state index in [9.17, 15) is 27.9 Å². The lowest BCUT2D eigenvalue weighted by atomic mass is 9.88. The number of carbonyl (C=O) groups excluding carboxylic acids is 3. The number of amides is 2. The van der Waals surface area contributed by atoms with Gasteiger partial charge < -0.3 is 30.5 Å². The van der Waals surface area contributed by atoms with Gasteiger partial charge in [-0.05, 0) is 86.3 Å². The summed E-state index contributed by atoms with van der Waals surface area (Å²) in [5.74, 6) is -2.33. The number of rotatable bonds is 13. The van der Waals surface area contributed by atoms with Crippen LogP contribution in [0.25, 0.3) is 22.2 Å². The Hall–Kier alpha value is -6.05. The van der Waals surface area contributed by atoms with Crippen LogP contribution < -0.4 is 20.3 Å². The second-order valence-corrected chi connectivity index (χ2v) is 18.2. The molecule has 5 N–H and O–H groups in total. The predicted molar refractivity (Wildman–Crippen MR) is 233 cm³/mol. The van der Waals surface area contributed by atoms with Gasteiger partial charge in [-0.1, -0.05) is 19.1 Å². The van der Waals surface area contributed by atoms with Gasteiger partial charge in [-0.25, -0.2) is 23.7 Å². The maximum absolute atomic E-state index is 15.6. The number of fused-ring (bicyclic) bond motifs is 1. The smallest absolute Gasteiger partial charge is 0.301 e. The van der Waals surface area contributed by atoms with E-state index in [2.05, 4.69) is 52.3 Å². The van der Waals surface area contributed by atoms with Crippen molar-refractivity contribution >= 4 is 56.2 Å². The molecule has 0 saturated carbocycles. The number of pyridine rings is 1. The molecule has 6 heterocycles. The molecule has 3 aliphatic heterocycles. The molecular weight excluding hydrogens is 835 g/mol. The Balaban J connectivity index is 0.832. The average Bonchev–Trinajstić information content (AvgIpc) is 3.72. The molecule has 8 rings (SSSR count). The Labute approximate surface area is 363 Å². The number of aliphatic hydroxyl groups is 1. The maximum atomic E-state index is 15.6. The molecule has 5 aromatic rings. The standard InChI is InChI=1S/C44H50F2N10O6S/c1-3-54(2)63(61,62)53-35-9-8-34(45)39(40(35)46)41(59)33-25-48-42-32(33)21-29(22-47-42)30-23-49-44(50-24-30)56-16-12-26(13-17-56)20-38(58)55-18-14-28(15-19-55)27-4-6-31(7-5-27)51-36-10-11-37(57)52-43(36)60/h4-9,21-26,28,36-37,51,53,57H,3,10-20H2,1-2H3,(H,47,48)(H,52,60)/t36-,37?/m0/s1. The van der Waals surface area contributed by atoms with E-state index in [1.807, 2.05) is 17.0 Å². The van der Waals surface area contributed by atoms with E-state index >= 15 is 8.78 Å². The van der Waals surface area contributed by atoms with Gasteiger partial charge in [0.05, 0.1) is 11.3 Å². The molecule has 332 valence electrons. The van der Waals surface area contributed by atoms with Crippen LogP contribution in [0.4, 0.5) is 26.1 Å². The van der Waals surface area contributed by atoms with E-state index in [0.717, 1.165) is 47.8 Å². The minimum atomic E-state index is -4.15. The molecule has 0 radical (unpaired) electrons. The second kappa shape index (κ2) is 18.4. The highest BCUT2D eigenvalue weighted by Crippen LogP contribution is 2.33. The summed E-state index contributed by atoms with van der Waals surface area (Å²) in [5, 5.41) is 15.8. The molecule has 2 atom stereocenters. The van der Waals surface area contributed by atoms with Gasteiger partial charge in [-0.15, -0.1) is 0 Å². The molecule has 16 nitrogen and oxygen atoms in total. The molecule has 63 heavy (non-hydrogen) atoms. The number of anilines is 3. The third-order valence-electron chi connectivity index (χ3n) is 12.4. The van der Waals surface area contributed by atoms with Crippen molar-refractivity contribution in [3.05, 3.63) is 95.6 Å². The zero-order valence-electron chi connectivity index (χ0n) is 35.0. The summed E-state index contributed by atoms with van der Waals surface area (Å²) in [7, 11) is -2.85. The van der Waals surface area contributed by atoms with Crippen LogP contribution in [0, 0.1) is 17.6 Å². The van der Waals surface area contributed by atoms with Crippen molar-refractivity contribution in [2.24, 2.45) is 5.92 Å². The molecule has 0 spiro atoms. The van der Waals surface area contributed by atoms with Crippen molar-refractivity contribution in [2.45, 2.75) is 70.1 Å². The van der Waals surface area contributed by atoms with E-state index in [1.54, 1.807) is 31.6 Å². The molecule has 2 aromatic carbocycles. The minimum absolute atomic E-state index is 0.0571. The summed E-state index contributed by atoms with van der Waals surface area (Å²) in [6.07, 6.45) is 10.4. The van der Waals surface area contributed by atoms with Crippen LogP contribution >= 0.6 is 0 Å². The van der Waals surface area contributed by atoms with Crippen molar-refractivity contribution < 1.29 is 36.7 Å². The summed E-state index contributed by atoms with van der Waals surface area (Å²) in [5.41, 5.74) is 2.03. The van der Waals surface area contributed by atoms with E-state index in [-0.39, 0.29) is 35.9 Å². The second-order valence-electron chi connectivity index (χ2n) is 16.4. The monoisotopic (exact) mass is 884 g/mol. The number of aromatic amines is 1. The first-order valence-corrected chi connectivity index (χ1v) is 22.7. The maximum Gasteiger partial charge on any atom is 0.301 e. The van der Waals surface area contributed by atoms with Crippen LogP contribution in [0.2, 0.25) is 0 Å². The fourth-order valence-corrected chi connectivity index (χ4v) is 9.43. The van der Waals surface area contributed by atoms with Crippen LogP contribution in [-0.2, 0) is 19.8 Å². The summed E-state index contributed by atoms with van der Waals surface area (Å²) in [6, 6.07) is 11.2. The number of H-pyrrole nitrogens is 1. The molecule has 1 unspecified atom stereocenters. The zero-order chi connectivity index (χ0) is 44.4. The lowest BCUT2D eigenvalue weighted by molar-refractivity contribution is -0.133. The molecule has 3 aliphatic rings. The number of ketones is 1. The lowest BCUT2D eigenvalue weighted by Crippen LogP contribution is -2.49. The van der Waals surface area contributed by atoms with Crippen LogP contribution in [0.15, 0.2) is 67.3 Å². The SMILES string of the molecule is CCN(C)S(=O)(=O)Nc1ccc(F)c(C(=O)c2c[nH]c3ncc(-c4cnc(N5CCC(CC(=O)N6CCC(c7ccc(N[C@H]8CCC(O)NC8=O)cc7)CC6)CC5)nc4)cc23)c1F. The average molecular weight is 885 g/mol. The molecular formula is C44H50F2N10O6S. The van der Waals surface area contributed by atoms with Crippen molar-refractivity contribution in [3.8, 4) is 11.1 Å². The molecule has 2 amide bonds. The number of nitrogens with zero attached hydrogens (tertiary/aromatic N) is 6. The topological polar surface area (TPSA) is 206 Å². The van der Waals surface area contributed by atoms with Crippen LogP contribution in [-0.4, -0.2) is 112 Å². The van der Waals surface area contributed by atoms with Crippen molar-refractivity contribution in [3.63, 3.8) is 0 Å². The number of piperidine rings is 3. The number of benzene rings is 2. The first-order valence-electron chi connectivity index (χ1n) is 21.2. The van der Waals surface area contributed by atoms with Crippen LogP contribution in [0.5, 0.6) is 0 Å². The highest BCUT2D eigenvalue weighted by Gasteiger charge is 2.31. The predicted octanol–water partition coefficient (Wildman–Crippen LogP) is 5.16. The van der Waals surface area contributed by atoms with Crippen LogP contribution in [0.1, 0.15) is 79.3 Å². The van der Waals surface area contributed by atoms with E-state index in [1.165, 1.54) is 18.8 Å². The first-order chi connectivity index (χ1) is 30.3. The third kappa shape index (κ3) is 9.50. The number of hydrogen-bond acceptors (Lipinski definition) is 11. The molecule has 3 fully saturated rings. The van der Waals surface area contributed by atoms with Crippen LogP contribution in [0.3, 0.4) is 0 Å². The van der Waals surface area contributed by atoms with Gasteiger partial charge >= 0.3 is 10.2 Å². The molecule has 3 aromatic heterocycles. The van der Waals surface area contributed by atoms with Gasteiger partial charge in [0, 0.05) is 98.7 Å². The fourth-order valence-electron chi connectivity index (χ4n) is 8.50. The lowest BCUT2D eigenvalue weighted by Gasteiger charge is -2.35. The highest BCUT2D eigenvalue weighted by molar-refractivity contribution is 7.90. The Morgan fingerprint density at radius 2 is 1.62 bits per heavy atom. The molecule has 3 saturated heterocycles. The number of nitrogens with one attached hydrogen (secondary N) is 4. The molecule has 0 bridgehead atoms. The van der Waals surface area contributed by atoms with Gasteiger partial charge in [-0.3, -0.25) is 19.1 Å². The van der Waals surface area contributed by atoms with Gasteiger partial charge in [0.1, 0.15) is 23.7 Å². The minimum Gasteiger partial charge on any atom is -0.374 e.